The minimum absolute atomic E-state index is 1.28. The third kappa shape index (κ3) is 4.35. The van der Waals surface area contributed by atoms with Gasteiger partial charge in [-0.25, -0.2) is 0 Å². The predicted molar refractivity (Wildman–Crippen MR) is 20.5 cm³/mol. The van der Waals surface area contributed by atoms with E-state index in [1.807, 2.05) is 0 Å². The van der Waals surface area contributed by atoms with Crippen LogP contribution in [0.5, 0.6) is 0 Å². The second-order valence-corrected chi connectivity index (χ2v) is 2.01. The van der Waals surface area contributed by atoms with E-state index < -0.39 is 7.38 Å². The minimum atomic E-state index is -1.88. The van der Waals surface area contributed by atoms with Crippen molar-refractivity contribution in [3.05, 3.63) is 0 Å². The first-order valence-electron chi connectivity index (χ1n) is 0.942. The molecule has 0 spiro atoms. The van der Waals surface area contributed by atoms with E-state index in [0.717, 1.165) is 0 Å². The molecule has 0 amide bonds. The highest BCUT2D eigenvalue weighted by Gasteiger charge is 2.04. The zero-order valence-corrected chi connectivity index (χ0v) is 4.29. The maximum Gasteiger partial charge on any atom is 0.633 e. The van der Waals surface area contributed by atoms with Gasteiger partial charge in [-0.1, -0.05) is 0 Å². The van der Waals surface area contributed by atoms with Crippen LogP contribution >= 0.6 is 18.6 Å². The Kier molecular flexibility index (Phi) is 2.76. The van der Waals surface area contributed by atoms with E-state index in [-0.39, 0.29) is 0 Å². The van der Waals surface area contributed by atoms with E-state index in [0.29, 0.717) is 0 Å². The lowest BCUT2D eigenvalue weighted by atomic mass is 11.8. The number of rotatable bonds is 1. The molecule has 0 aromatic rings. The number of halogens is 1. The molecule has 4 heteroatoms. The van der Waals surface area contributed by atoms with Gasteiger partial charge >= 0.3 is 7.38 Å². The molecule has 0 saturated carbocycles. The van der Waals surface area contributed by atoms with Crippen LogP contribution in [0.2, 0.25) is 0 Å². The topological polar surface area (TPSA) is 26.3 Å². The SMILES string of the molecule is CO[P+](=O)Cl. The molecular weight excluding hydrogens is 110 g/mol. The fourth-order valence-corrected chi connectivity index (χ4v) is 0. The molecule has 0 rings (SSSR count). The van der Waals surface area contributed by atoms with E-state index in [4.69, 9.17) is 11.2 Å². The van der Waals surface area contributed by atoms with E-state index >= 15 is 0 Å². The summed E-state index contributed by atoms with van der Waals surface area (Å²) in [6.45, 7) is 0. The molecule has 0 N–H and O–H groups in total. The van der Waals surface area contributed by atoms with Gasteiger partial charge in [0.1, 0.15) is 0 Å². The summed E-state index contributed by atoms with van der Waals surface area (Å²) in [5, 5.41) is 0. The maximum atomic E-state index is 9.50. The van der Waals surface area contributed by atoms with Crippen molar-refractivity contribution in [1.82, 2.24) is 0 Å². The maximum absolute atomic E-state index is 9.50. The molecule has 1 unspecified atom stereocenters. The first-order chi connectivity index (χ1) is 2.27. The lowest BCUT2D eigenvalue weighted by molar-refractivity contribution is 0.428. The van der Waals surface area contributed by atoms with Crippen LogP contribution in [0.4, 0.5) is 0 Å². The van der Waals surface area contributed by atoms with Gasteiger partial charge in [0.15, 0.2) is 0 Å². The summed E-state index contributed by atoms with van der Waals surface area (Å²) in [6.07, 6.45) is 0. The summed E-state index contributed by atoms with van der Waals surface area (Å²) >= 11 is 4.75. The van der Waals surface area contributed by atoms with Crippen LogP contribution < -0.4 is 0 Å². The molecule has 0 saturated heterocycles. The van der Waals surface area contributed by atoms with Crippen molar-refractivity contribution in [2.75, 3.05) is 7.11 Å². The van der Waals surface area contributed by atoms with Gasteiger partial charge in [-0.05, 0) is 4.57 Å². The van der Waals surface area contributed by atoms with Crippen LogP contribution in [0.1, 0.15) is 0 Å². The monoisotopic (exact) mass is 113 g/mol. The second kappa shape index (κ2) is 2.58. The lowest BCUT2D eigenvalue weighted by Gasteiger charge is -1.53. The predicted octanol–water partition coefficient (Wildman–Crippen LogP) is 1.53. The van der Waals surface area contributed by atoms with Crippen molar-refractivity contribution in [3.63, 3.8) is 0 Å². The average Bonchev–Trinajstić information content (AvgIpc) is 1.38. The van der Waals surface area contributed by atoms with Gasteiger partial charge in [0.05, 0.1) is 7.11 Å². The Bertz CT molecular complexity index is 44.9. The van der Waals surface area contributed by atoms with Gasteiger partial charge in [0.25, 0.3) is 0 Å². The summed E-state index contributed by atoms with van der Waals surface area (Å²) in [5.41, 5.74) is 0. The molecule has 5 heavy (non-hydrogen) atoms. The molecule has 0 fully saturated rings. The van der Waals surface area contributed by atoms with Gasteiger partial charge in [-0.3, -0.25) is 0 Å². The van der Waals surface area contributed by atoms with Crippen LogP contribution in [0, 0.1) is 0 Å². The number of hydrogen-bond donors (Lipinski definition) is 0. The Hall–Kier alpha value is 0.350. The molecule has 1 atom stereocenters. The summed E-state index contributed by atoms with van der Waals surface area (Å²) in [7, 11) is -0.593. The Balaban J connectivity index is 2.85. The number of hydrogen-bond acceptors (Lipinski definition) is 2. The molecule has 0 aliphatic carbocycles. The fourth-order valence-electron chi connectivity index (χ4n) is 0. The van der Waals surface area contributed by atoms with Crippen LogP contribution in [0.3, 0.4) is 0 Å². The van der Waals surface area contributed by atoms with Crippen molar-refractivity contribution in [1.29, 1.82) is 0 Å². The van der Waals surface area contributed by atoms with Gasteiger partial charge in [-0.15, -0.1) is 4.52 Å². The van der Waals surface area contributed by atoms with E-state index in [9.17, 15) is 4.57 Å². The normalized spacial score (nSPS) is 11.2. The smallest absolute Gasteiger partial charge is 0.134 e. The Labute approximate surface area is 35.7 Å². The molecule has 30 valence electrons. The Morgan fingerprint density at radius 3 is 2.20 bits per heavy atom. The third-order valence-electron chi connectivity index (χ3n) is 0.144. The zero-order valence-electron chi connectivity index (χ0n) is 2.64. The molecule has 0 aliphatic heterocycles. The molecule has 0 aromatic carbocycles. The molecular formula is CH3ClO2P+. The highest BCUT2D eigenvalue weighted by Crippen LogP contribution is 2.24. The standard InChI is InChI=1S/CH3ClO2P/c1-4-5(2)3/h1H3/q+1. The molecule has 0 bridgehead atoms. The Morgan fingerprint density at radius 2 is 2.20 bits per heavy atom. The fraction of sp³-hybridized carbons (Fsp3) is 1.00. The average molecular weight is 113 g/mol. The van der Waals surface area contributed by atoms with Crippen LogP contribution in [0.25, 0.3) is 0 Å². The second-order valence-electron chi connectivity index (χ2n) is 0.395. The van der Waals surface area contributed by atoms with E-state index in [2.05, 4.69) is 4.52 Å². The van der Waals surface area contributed by atoms with Crippen molar-refractivity contribution in [3.8, 4) is 0 Å². The molecule has 0 aliphatic rings. The first kappa shape index (κ1) is 5.35. The molecule has 0 aromatic heterocycles. The summed E-state index contributed by atoms with van der Waals surface area (Å²) in [4.78, 5) is 0. The molecule has 0 heterocycles. The summed E-state index contributed by atoms with van der Waals surface area (Å²) in [6, 6.07) is 0. The third-order valence-corrected chi connectivity index (χ3v) is 0.845. The first-order valence-corrected chi connectivity index (χ1v) is 3.02. The summed E-state index contributed by atoms with van der Waals surface area (Å²) < 4.78 is 13.5. The van der Waals surface area contributed by atoms with Crippen molar-refractivity contribution in [2.45, 2.75) is 0 Å². The summed E-state index contributed by atoms with van der Waals surface area (Å²) in [5.74, 6) is 0. The largest absolute Gasteiger partial charge is 0.633 e. The highest BCUT2D eigenvalue weighted by atomic mass is 35.7. The highest BCUT2D eigenvalue weighted by molar-refractivity contribution is 7.69. The Morgan fingerprint density at radius 1 is 2.00 bits per heavy atom. The van der Waals surface area contributed by atoms with Crippen molar-refractivity contribution < 1.29 is 9.09 Å². The van der Waals surface area contributed by atoms with Crippen LogP contribution in [-0.2, 0) is 9.09 Å². The lowest BCUT2D eigenvalue weighted by Crippen LogP contribution is -1.49. The van der Waals surface area contributed by atoms with E-state index in [1.54, 1.807) is 0 Å². The van der Waals surface area contributed by atoms with Crippen molar-refractivity contribution in [2.24, 2.45) is 0 Å². The zero-order chi connectivity index (χ0) is 4.28. The minimum Gasteiger partial charge on any atom is -0.134 e. The van der Waals surface area contributed by atoms with Gasteiger partial charge in [0, 0.05) is 0 Å². The van der Waals surface area contributed by atoms with Gasteiger partial charge in [-0.2, -0.15) is 0 Å². The van der Waals surface area contributed by atoms with Crippen LogP contribution in [-0.4, -0.2) is 7.11 Å². The van der Waals surface area contributed by atoms with Gasteiger partial charge < -0.3 is 0 Å². The quantitative estimate of drug-likeness (QED) is 0.482. The van der Waals surface area contributed by atoms with Crippen LogP contribution in [0.15, 0.2) is 0 Å². The van der Waals surface area contributed by atoms with E-state index in [1.165, 1.54) is 7.11 Å². The van der Waals surface area contributed by atoms with Gasteiger partial charge in [0.2, 0.25) is 11.2 Å². The molecule has 0 radical (unpaired) electrons. The molecule has 2 nitrogen and oxygen atoms in total. The van der Waals surface area contributed by atoms with Crippen molar-refractivity contribution >= 4 is 18.6 Å².